The molecule has 4 rings (SSSR count). The van der Waals surface area contributed by atoms with Crippen molar-refractivity contribution in [2.75, 3.05) is 13.1 Å². The topological polar surface area (TPSA) is 84.2 Å². The molecule has 0 radical (unpaired) electrons. The van der Waals surface area contributed by atoms with Gasteiger partial charge in [-0.3, -0.25) is 9.59 Å². The third-order valence-corrected chi connectivity index (χ3v) is 7.04. The number of nitrogens with two attached hydrogens (primary N) is 1. The average Bonchev–Trinajstić information content (AvgIpc) is 3.34. The van der Waals surface area contributed by atoms with Crippen LogP contribution in [0.4, 0.5) is 0 Å². The Morgan fingerprint density at radius 3 is 2.19 bits per heavy atom. The molecule has 1 aromatic carbocycles. The first-order valence-corrected chi connectivity index (χ1v) is 10.5. The van der Waals surface area contributed by atoms with E-state index in [0.29, 0.717) is 19.6 Å². The quantitative estimate of drug-likeness (QED) is 0.457. The number of rotatable bonds is 7. The van der Waals surface area contributed by atoms with Gasteiger partial charge in [0.1, 0.15) is 0 Å². The van der Waals surface area contributed by atoms with E-state index in [0.717, 1.165) is 29.3 Å². The van der Waals surface area contributed by atoms with Crippen LogP contribution in [-0.4, -0.2) is 24.9 Å². The van der Waals surface area contributed by atoms with Crippen molar-refractivity contribution in [2.24, 2.45) is 34.8 Å². The number of carbonyl (C=O) groups is 2. The molecule has 4 N–H and O–H groups in total. The molecule has 0 unspecified atom stereocenters. The SMILES string of the molecule is NCCCNC(=O)[C@H]1[C@H](C(=O)NCc2ccc(Br)cc2)[C@@H]2C=C[C@H]1C21CC1. The summed E-state index contributed by atoms with van der Waals surface area (Å²) in [6.45, 7) is 1.61. The molecule has 2 bridgehead atoms. The van der Waals surface area contributed by atoms with Gasteiger partial charge in [0.05, 0.1) is 11.8 Å². The first-order valence-electron chi connectivity index (χ1n) is 9.75. The summed E-state index contributed by atoms with van der Waals surface area (Å²) in [6.07, 6.45) is 7.37. The molecule has 0 aliphatic heterocycles. The number of carbonyl (C=O) groups excluding carboxylic acids is 2. The van der Waals surface area contributed by atoms with E-state index in [-0.39, 0.29) is 40.9 Å². The van der Waals surface area contributed by atoms with Crippen LogP contribution in [0, 0.1) is 29.1 Å². The first kappa shape index (κ1) is 18.7. The van der Waals surface area contributed by atoms with Gasteiger partial charge in [0.2, 0.25) is 11.8 Å². The molecule has 4 atom stereocenters. The molecular weight excluding hydrogens is 406 g/mol. The summed E-state index contributed by atoms with van der Waals surface area (Å²) in [5.41, 5.74) is 6.75. The summed E-state index contributed by atoms with van der Waals surface area (Å²) in [4.78, 5) is 26.0. The maximum atomic E-state index is 13.1. The van der Waals surface area contributed by atoms with E-state index in [2.05, 4.69) is 38.7 Å². The Balaban J connectivity index is 1.47. The highest BCUT2D eigenvalue weighted by Crippen LogP contribution is 2.72. The van der Waals surface area contributed by atoms with E-state index in [9.17, 15) is 9.59 Å². The van der Waals surface area contributed by atoms with Gasteiger partial charge in [0.25, 0.3) is 0 Å². The molecule has 2 amide bonds. The summed E-state index contributed by atoms with van der Waals surface area (Å²) < 4.78 is 1.01. The molecule has 144 valence electrons. The van der Waals surface area contributed by atoms with Gasteiger partial charge in [0.15, 0.2) is 0 Å². The van der Waals surface area contributed by atoms with Crippen molar-refractivity contribution in [2.45, 2.75) is 25.8 Å². The lowest BCUT2D eigenvalue weighted by Crippen LogP contribution is -2.44. The number of halogens is 1. The van der Waals surface area contributed by atoms with Gasteiger partial charge < -0.3 is 16.4 Å². The Morgan fingerprint density at radius 1 is 1.04 bits per heavy atom. The van der Waals surface area contributed by atoms with Crippen molar-refractivity contribution in [3.63, 3.8) is 0 Å². The summed E-state index contributed by atoms with van der Waals surface area (Å²) in [5.74, 6) is -0.127. The fourth-order valence-electron chi connectivity index (χ4n) is 5.05. The smallest absolute Gasteiger partial charge is 0.224 e. The average molecular weight is 432 g/mol. The predicted octanol–water partition coefficient (Wildman–Crippen LogP) is 2.36. The van der Waals surface area contributed by atoms with E-state index >= 15 is 0 Å². The zero-order valence-corrected chi connectivity index (χ0v) is 16.9. The van der Waals surface area contributed by atoms with Crippen molar-refractivity contribution < 1.29 is 9.59 Å². The van der Waals surface area contributed by atoms with Gasteiger partial charge in [-0.1, -0.05) is 40.2 Å². The molecule has 2 saturated carbocycles. The number of benzene rings is 1. The highest BCUT2D eigenvalue weighted by atomic mass is 79.9. The first-order chi connectivity index (χ1) is 13.1. The van der Waals surface area contributed by atoms with E-state index < -0.39 is 0 Å². The number of allylic oxidation sites excluding steroid dienone is 2. The van der Waals surface area contributed by atoms with E-state index in [1.807, 2.05) is 24.3 Å². The second-order valence-electron chi connectivity index (χ2n) is 8.00. The third kappa shape index (κ3) is 3.34. The normalized spacial score (nSPS) is 29.1. The van der Waals surface area contributed by atoms with Gasteiger partial charge in [-0.2, -0.15) is 0 Å². The fourth-order valence-corrected chi connectivity index (χ4v) is 5.31. The molecule has 3 aliphatic rings. The van der Waals surface area contributed by atoms with Crippen LogP contribution < -0.4 is 16.4 Å². The lowest BCUT2D eigenvalue weighted by molar-refractivity contribution is -0.135. The molecule has 1 spiro atoms. The van der Waals surface area contributed by atoms with Crippen LogP contribution in [0.3, 0.4) is 0 Å². The minimum absolute atomic E-state index is 0.0000172. The lowest BCUT2D eigenvalue weighted by Gasteiger charge is -2.26. The number of nitrogens with one attached hydrogen (secondary N) is 2. The second-order valence-corrected chi connectivity index (χ2v) is 8.91. The molecule has 1 aromatic rings. The fraction of sp³-hybridized carbons (Fsp3) is 0.524. The van der Waals surface area contributed by atoms with Crippen LogP contribution >= 0.6 is 15.9 Å². The lowest BCUT2D eigenvalue weighted by atomic mass is 9.81. The Morgan fingerprint density at radius 2 is 1.63 bits per heavy atom. The van der Waals surface area contributed by atoms with Crippen LogP contribution in [0.15, 0.2) is 40.9 Å². The van der Waals surface area contributed by atoms with Crippen molar-refractivity contribution in [3.8, 4) is 0 Å². The van der Waals surface area contributed by atoms with Crippen molar-refractivity contribution in [1.82, 2.24) is 10.6 Å². The molecule has 0 heterocycles. The summed E-state index contributed by atoms with van der Waals surface area (Å²) >= 11 is 3.42. The standard InChI is InChI=1S/C21H26BrN3O2/c22-14-4-2-13(3-5-14)12-25-20(27)18-16-7-6-15(21(16)8-9-21)17(18)19(26)24-11-1-10-23/h2-7,15-18H,1,8-12,23H2,(H,24,26)(H,25,27)/t15-,16+,17-,18-/m1/s1. The minimum Gasteiger partial charge on any atom is -0.356 e. The van der Waals surface area contributed by atoms with E-state index in [1.54, 1.807) is 0 Å². The van der Waals surface area contributed by atoms with Crippen LogP contribution in [0.1, 0.15) is 24.8 Å². The van der Waals surface area contributed by atoms with Crippen LogP contribution in [0.2, 0.25) is 0 Å². The molecular formula is C21H26BrN3O2. The van der Waals surface area contributed by atoms with Gasteiger partial charge in [-0.15, -0.1) is 0 Å². The van der Waals surface area contributed by atoms with Crippen LogP contribution in [0.5, 0.6) is 0 Å². The Kier molecular flexibility index (Phi) is 5.12. The number of hydrogen-bond donors (Lipinski definition) is 3. The third-order valence-electron chi connectivity index (χ3n) is 6.51. The van der Waals surface area contributed by atoms with Crippen molar-refractivity contribution in [3.05, 3.63) is 46.5 Å². The van der Waals surface area contributed by atoms with Gasteiger partial charge in [-0.05, 0) is 60.8 Å². The highest BCUT2D eigenvalue weighted by Gasteiger charge is 2.69. The highest BCUT2D eigenvalue weighted by molar-refractivity contribution is 9.10. The molecule has 2 fully saturated rings. The van der Waals surface area contributed by atoms with E-state index in [4.69, 9.17) is 5.73 Å². The number of amides is 2. The molecule has 3 aliphatic carbocycles. The molecule has 0 aromatic heterocycles. The maximum absolute atomic E-state index is 13.1. The molecule has 5 nitrogen and oxygen atoms in total. The number of hydrogen-bond acceptors (Lipinski definition) is 3. The summed E-state index contributed by atoms with van der Waals surface area (Å²) in [5, 5.41) is 6.08. The largest absolute Gasteiger partial charge is 0.356 e. The zero-order chi connectivity index (χ0) is 19.0. The van der Waals surface area contributed by atoms with E-state index in [1.165, 1.54) is 0 Å². The zero-order valence-electron chi connectivity index (χ0n) is 15.3. The monoisotopic (exact) mass is 431 g/mol. The minimum atomic E-state index is -0.268. The Labute approximate surface area is 168 Å². The van der Waals surface area contributed by atoms with Crippen molar-refractivity contribution in [1.29, 1.82) is 0 Å². The summed E-state index contributed by atoms with van der Waals surface area (Å²) in [6, 6.07) is 7.91. The van der Waals surface area contributed by atoms with Crippen LogP contribution in [-0.2, 0) is 16.1 Å². The second kappa shape index (κ2) is 7.40. The summed E-state index contributed by atoms with van der Waals surface area (Å²) in [7, 11) is 0. The molecule has 6 heteroatoms. The molecule has 0 saturated heterocycles. The predicted molar refractivity (Wildman–Crippen MR) is 107 cm³/mol. The van der Waals surface area contributed by atoms with Gasteiger partial charge in [0, 0.05) is 17.6 Å². The Hall–Kier alpha value is -1.66. The Bertz CT molecular complexity index is 757. The van der Waals surface area contributed by atoms with Crippen molar-refractivity contribution >= 4 is 27.7 Å². The molecule has 27 heavy (non-hydrogen) atoms. The van der Waals surface area contributed by atoms with Gasteiger partial charge in [-0.25, -0.2) is 0 Å². The van der Waals surface area contributed by atoms with Gasteiger partial charge >= 0.3 is 0 Å². The van der Waals surface area contributed by atoms with Crippen LogP contribution in [0.25, 0.3) is 0 Å². The maximum Gasteiger partial charge on any atom is 0.224 e.